The Labute approximate surface area is 76.1 Å². The number of rotatable bonds is 2. The van der Waals surface area contributed by atoms with Gasteiger partial charge in [0.1, 0.15) is 0 Å². The van der Waals surface area contributed by atoms with Gasteiger partial charge in [-0.15, -0.1) is 11.3 Å². The quantitative estimate of drug-likeness (QED) is 0.686. The third-order valence-electron chi connectivity index (χ3n) is 1.80. The topological polar surface area (TPSA) is 12.9 Å². The van der Waals surface area contributed by atoms with E-state index in [0.717, 1.165) is 11.9 Å². The molecule has 62 valence electrons. The van der Waals surface area contributed by atoms with Gasteiger partial charge in [-0.3, -0.25) is 0 Å². The van der Waals surface area contributed by atoms with Crippen LogP contribution in [0.1, 0.15) is 18.4 Å². The third-order valence-corrected chi connectivity index (χ3v) is 2.90. The van der Waals surface area contributed by atoms with Crippen LogP contribution in [0.5, 0.6) is 0 Å². The average molecular weight is 177 g/mol. The molecule has 0 amide bonds. The number of aryl methyl sites for hydroxylation is 1. The van der Waals surface area contributed by atoms with Crippen LogP contribution in [0.25, 0.3) is 10.2 Å². The zero-order chi connectivity index (χ0) is 8.39. The van der Waals surface area contributed by atoms with Crippen LogP contribution in [0.3, 0.4) is 0 Å². The fourth-order valence-electron chi connectivity index (χ4n) is 1.24. The number of hydrogen-bond donors (Lipinski definition) is 0. The number of nitrogens with zero attached hydrogens (tertiary/aromatic N) is 1. The highest BCUT2D eigenvalue weighted by molar-refractivity contribution is 7.18. The maximum Gasteiger partial charge on any atom is 0.0938 e. The summed E-state index contributed by atoms with van der Waals surface area (Å²) >= 11 is 1.81. The Morgan fingerprint density at radius 1 is 1.33 bits per heavy atom. The summed E-state index contributed by atoms with van der Waals surface area (Å²) in [5, 5.41) is 1.26. The van der Waals surface area contributed by atoms with Gasteiger partial charge in [-0.2, -0.15) is 0 Å². The van der Waals surface area contributed by atoms with E-state index in [4.69, 9.17) is 0 Å². The van der Waals surface area contributed by atoms with Crippen molar-refractivity contribution >= 4 is 21.6 Å². The zero-order valence-corrected chi connectivity index (χ0v) is 7.90. The van der Waals surface area contributed by atoms with E-state index in [1.54, 1.807) is 0 Å². The summed E-state index contributed by atoms with van der Waals surface area (Å²) in [7, 11) is 0. The molecule has 0 fully saturated rings. The molecule has 1 heterocycles. The van der Waals surface area contributed by atoms with Gasteiger partial charge in [0.25, 0.3) is 0 Å². The highest BCUT2D eigenvalue weighted by atomic mass is 32.1. The highest BCUT2D eigenvalue weighted by Crippen LogP contribution is 2.22. The minimum Gasteiger partial charge on any atom is -0.241 e. The molecule has 0 atom stereocenters. The van der Waals surface area contributed by atoms with Crippen molar-refractivity contribution in [2.75, 3.05) is 0 Å². The second-order valence-electron chi connectivity index (χ2n) is 2.83. The van der Waals surface area contributed by atoms with Crippen molar-refractivity contribution in [2.24, 2.45) is 0 Å². The molecular weight excluding hydrogens is 166 g/mol. The first-order valence-electron chi connectivity index (χ1n) is 4.24. The zero-order valence-electron chi connectivity index (χ0n) is 7.08. The Balaban J connectivity index is 2.47. The minimum absolute atomic E-state index is 1.11. The lowest BCUT2D eigenvalue weighted by molar-refractivity contribution is 0.913. The molecule has 0 saturated heterocycles. The van der Waals surface area contributed by atoms with Crippen LogP contribution >= 0.6 is 11.3 Å². The average Bonchev–Trinajstić information content (AvgIpc) is 2.47. The first-order valence-corrected chi connectivity index (χ1v) is 5.06. The van der Waals surface area contributed by atoms with Crippen molar-refractivity contribution in [1.29, 1.82) is 0 Å². The summed E-state index contributed by atoms with van der Waals surface area (Å²) in [4.78, 5) is 4.52. The van der Waals surface area contributed by atoms with Gasteiger partial charge in [0.15, 0.2) is 0 Å². The fourth-order valence-corrected chi connectivity index (χ4v) is 2.31. The van der Waals surface area contributed by atoms with Crippen molar-refractivity contribution in [3.63, 3.8) is 0 Å². The van der Waals surface area contributed by atoms with E-state index in [1.165, 1.54) is 16.1 Å². The lowest BCUT2D eigenvalue weighted by Gasteiger charge is -1.85. The Morgan fingerprint density at radius 2 is 2.17 bits per heavy atom. The van der Waals surface area contributed by atoms with Crippen LogP contribution in [0, 0.1) is 0 Å². The van der Waals surface area contributed by atoms with Crippen LogP contribution in [0.15, 0.2) is 24.3 Å². The summed E-state index contributed by atoms with van der Waals surface area (Å²) in [6.45, 7) is 2.19. The van der Waals surface area contributed by atoms with Gasteiger partial charge in [-0.05, 0) is 25.0 Å². The van der Waals surface area contributed by atoms with E-state index in [1.807, 2.05) is 17.4 Å². The normalized spacial score (nSPS) is 10.8. The van der Waals surface area contributed by atoms with Gasteiger partial charge < -0.3 is 0 Å². The van der Waals surface area contributed by atoms with Crippen LogP contribution in [0.4, 0.5) is 0 Å². The summed E-state index contributed by atoms with van der Waals surface area (Å²) in [6, 6.07) is 8.31. The van der Waals surface area contributed by atoms with Crippen molar-refractivity contribution < 1.29 is 0 Å². The van der Waals surface area contributed by atoms with E-state index in [0.29, 0.717) is 0 Å². The fraction of sp³-hybridized carbons (Fsp3) is 0.300. The lowest BCUT2D eigenvalue weighted by Crippen LogP contribution is -1.78. The molecule has 2 rings (SSSR count). The van der Waals surface area contributed by atoms with Crippen molar-refractivity contribution in [2.45, 2.75) is 19.8 Å². The van der Waals surface area contributed by atoms with E-state index in [9.17, 15) is 0 Å². The number of para-hydroxylation sites is 1. The predicted octanol–water partition coefficient (Wildman–Crippen LogP) is 3.25. The molecule has 1 nitrogen and oxygen atoms in total. The summed E-state index contributed by atoms with van der Waals surface area (Å²) in [5.74, 6) is 0. The maximum atomic E-state index is 4.52. The van der Waals surface area contributed by atoms with Gasteiger partial charge in [-0.1, -0.05) is 19.1 Å². The van der Waals surface area contributed by atoms with Crippen molar-refractivity contribution in [3.8, 4) is 0 Å². The molecule has 0 aliphatic carbocycles. The highest BCUT2D eigenvalue weighted by Gasteiger charge is 2.00. The lowest BCUT2D eigenvalue weighted by atomic mass is 10.3. The van der Waals surface area contributed by atoms with Gasteiger partial charge >= 0.3 is 0 Å². The van der Waals surface area contributed by atoms with Gasteiger partial charge in [-0.25, -0.2) is 4.98 Å². The first-order chi connectivity index (χ1) is 5.90. The Kier molecular flexibility index (Phi) is 2.09. The SMILES string of the molecule is CCCc1nc2ccccc2s1. The molecule has 0 N–H and O–H groups in total. The number of fused-ring (bicyclic) bond motifs is 1. The number of aromatic nitrogens is 1. The van der Waals surface area contributed by atoms with E-state index in [2.05, 4.69) is 30.1 Å². The van der Waals surface area contributed by atoms with Crippen molar-refractivity contribution in [1.82, 2.24) is 4.98 Å². The first kappa shape index (κ1) is 7.74. The van der Waals surface area contributed by atoms with Crippen LogP contribution in [-0.2, 0) is 6.42 Å². The second kappa shape index (κ2) is 3.23. The molecule has 2 aromatic rings. The third kappa shape index (κ3) is 1.34. The molecular formula is C10H11NS. The maximum absolute atomic E-state index is 4.52. The predicted molar refractivity (Wildman–Crippen MR) is 53.6 cm³/mol. The number of hydrogen-bond acceptors (Lipinski definition) is 2. The summed E-state index contributed by atoms with van der Waals surface area (Å²) < 4.78 is 1.31. The molecule has 0 unspecified atom stereocenters. The molecule has 0 aliphatic heterocycles. The molecule has 2 heteroatoms. The minimum atomic E-state index is 1.11. The molecule has 1 aromatic carbocycles. The molecule has 1 aromatic heterocycles. The number of benzene rings is 1. The standard InChI is InChI=1S/C10H11NS/c1-2-5-10-11-8-6-3-4-7-9(8)12-10/h3-4,6-7H,2,5H2,1H3. The molecule has 0 bridgehead atoms. The second-order valence-corrected chi connectivity index (χ2v) is 3.94. The van der Waals surface area contributed by atoms with Crippen molar-refractivity contribution in [3.05, 3.63) is 29.3 Å². The summed E-state index contributed by atoms with van der Waals surface area (Å²) in [6.07, 6.45) is 2.29. The van der Waals surface area contributed by atoms with E-state index in [-0.39, 0.29) is 0 Å². The molecule has 12 heavy (non-hydrogen) atoms. The Morgan fingerprint density at radius 3 is 2.92 bits per heavy atom. The molecule has 0 spiro atoms. The molecule has 0 aliphatic rings. The Hall–Kier alpha value is -0.890. The van der Waals surface area contributed by atoms with Crippen LogP contribution in [0.2, 0.25) is 0 Å². The monoisotopic (exact) mass is 177 g/mol. The largest absolute Gasteiger partial charge is 0.241 e. The van der Waals surface area contributed by atoms with Gasteiger partial charge in [0.05, 0.1) is 15.2 Å². The molecule has 0 radical (unpaired) electrons. The summed E-state index contributed by atoms with van der Waals surface area (Å²) in [5.41, 5.74) is 1.14. The van der Waals surface area contributed by atoms with Gasteiger partial charge in [0, 0.05) is 0 Å². The van der Waals surface area contributed by atoms with E-state index < -0.39 is 0 Å². The number of thiazole rings is 1. The van der Waals surface area contributed by atoms with E-state index >= 15 is 0 Å². The van der Waals surface area contributed by atoms with Crippen LogP contribution in [-0.4, -0.2) is 4.98 Å². The Bertz CT molecular complexity index is 345. The van der Waals surface area contributed by atoms with Gasteiger partial charge in [0.2, 0.25) is 0 Å². The molecule has 0 saturated carbocycles. The van der Waals surface area contributed by atoms with Crippen LogP contribution < -0.4 is 0 Å². The smallest absolute Gasteiger partial charge is 0.0938 e.